The number of para-hydroxylation sites is 1. The monoisotopic (exact) mass is 471 g/mol. The third-order valence-corrected chi connectivity index (χ3v) is 7.87. The SMILES string of the molecule is Fc1ccc2c(c1)OCc1ccccc1N2CC1CCCN1CCc1ccc(N2CCCC2)cc1. The molecule has 0 spiro atoms. The van der Waals surface area contributed by atoms with Gasteiger partial charge in [-0.05, 0) is 74.5 Å². The molecule has 1 atom stereocenters. The Labute approximate surface area is 207 Å². The molecule has 0 amide bonds. The van der Waals surface area contributed by atoms with Crippen molar-refractivity contribution in [2.45, 2.75) is 44.8 Å². The van der Waals surface area contributed by atoms with Gasteiger partial charge in [0, 0.05) is 55.2 Å². The van der Waals surface area contributed by atoms with E-state index in [1.165, 1.54) is 61.8 Å². The molecule has 0 saturated carbocycles. The standard InChI is InChI=1S/C30H34FN3O/c31-25-11-14-29-30(20-25)35-22-24-6-1-2-8-28(24)34(29)21-27-7-5-18-33(27)19-15-23-9-12-26(13-10-23)32-16-3-4-17-32/h1-2,6,8-14,20,27H,3-5,7,15-19,21-22H2. The van der Waals surface area contributed by atoms with E-state index in [2.05, 4.69) is 57.2 Å². The number of halogens is 1. The number of ether oxygens (including phenoxy) is 1. The van der Waals surface area contributed by atoms with Gasteiger partial charge >= 0.3 is 0 Å². The molecule has 5 heteroatoms. The Hall–Kier alpha value is -3.05. The van der Waals surface area contributed by atoms with Gasteiger partial charge in [0.1, 0.15) is 18.2 Å². The number of benzene rings is 3. The van der Waals surface area contributed by atoms with Crippen molar-refractivity contribution in [2.24, 2.45) is 0 Å². The minimum Gasteiger partial charge on any atom is -0.487 e. The Morgan fingerprint density at radius 2 is 1.69 bits per heavy atom. The van der Waals surface area contributed by atoms with E-state index in [4.69, 9.17) is 4.74 Å². The molecule has 2 fully saturated rings. The maximum Gasteiger partial charge on any atom is 0.146 e. The Kier molecular flexibility index (Phi) is 6.34. The molecule has 3 aromatic carbocycles. The first-order valence-electron chi connectivity index (χ1n) is 13.1. The molecule has 0 aromatic heterocycles. The van der Waals surface area contributed by atoms with Gasteiger partial charge in [0.25, 0.3) is 0 Å². The topological polar surface area (TPSA) is 19.0 Å². The fraction of sp³-hybridized carbons (Fsp3) is 0.400. The molecule has 0 aliphatic carbocycles. The highest BCUT2D eigenvalue weighted by Crippen LogP contribution is 2.40. The lowest BCUT2D eigenvalue weighted by Crippen LogP contribution is -2.39. The quantitative estimate of drug-likeness (QED) is 0.428. The molecule has 6 rings (SSSR count). The Morgan fingerprint density at radius 1 is 0.857 bits per heavy atom. The van der Waals surface area contributed by atoms with Crippen LogP contribution in [0.4, 0.5) is 21.5 Å². The Bertz CT molecular complexity index is 1160. The van der Waals surface area contributed by atoms with Crippen LogP contribution in [0.25, 0.3) is 0 Å². The highest BCUT2D eigenvalue weighted by molar-refractivity contribution is 5.73. The minimum absolute atomic E-state index is 0.257. The second-order valence-electron chi connectivity index (χ2n) is 10.1. The summed E-state index contributed by atoms with van der Waals surface area (Å²) in [6.45, 7) is 5.93. The van der Waals surface area contributed by atoms with Crippen LogP contribution in [-0.2, 0) is 13.0 Å². The zero-order valence-corrected chi connectivity index (χ0v) is 20.3. The van der Waals surface area contributed by atoms with E-state index in [0.717, 1.165) is 37.3 Å². The van der Waals surface area contributed by atoms with Crippen molar-refractivity contribution in [3.05, 3.63) is 83.7 Å². The highest BCUT2D eigenvalue weighted by atomic mass is 19.1. The lowest BCUT2D eigenvalue weighted by Gasteiger charge is -2.32. The van der Waals surface area contributed by atoms with Gasteiger partial charge in [-0.25, -0.2) is 4.39 Å². The maximum absolute atomic E-state index is 14.0. The van der Waals surface area contributed by atoms with Gasteiger partial charge in [-0.3, -0.25) is 4.90 Å². The first-order chi connectivity index (χ1) is 17.2. The van der Waals surface area contributed by atoms with Crippen molar-refractivity contribution >= 4 is 17.1 Å². The van der Waals surface area contributed by atoms with E-state index in [9.17, 15) is 4.39 Å². The third kappa shape index (κ3) is 4.74. The number of hydrogen-bond donors (Lipinski definition) is 0. The summed E-state index contributed by atoms with van der Waals surface area (Å²) in [4.78, 5) is 7.49. The summed E-state index contributed by atoms with van der Waals surface area (Å²) in [7, 11) is 0. The van der Waals surface area contributed by atoms with Crippen molar-refractivity contribution in [1.82, 2.24) is 4.90 Å². The molecule has 3 aromatic rings. The maximum atomic E-state index is 14.0. The van der Waals surface area contributed by atoms with Crippen LogP contribution in [0.5, 0.6) is 5.75 Å². The smallest absolute Gasteiger partial charge is 0.146 e. The second kappa shape index (κ2) is 9.90. The van der Waals surface area contributed by atoms with E-state index in [1.54, 1.807) is 6.07 Å². The van der Waals surface area contributed by atoms with Crippen LogP contribution in [0.15, 0.2) is 66.7 Å². The van der Waals surface area contributed by atoms with E-state index in [1.807, 2.05) is 12.1 Å². The van der Waals surface area contributed by atoms with Crippen LogP contribution in [0.3, 0.4) is 0 Å². The summed E-state index contributed by atoms with van der Waals surface area (Å²) < 4.78 is 20.0. The van der Waals surface area contributed by atoms with Gasteiger partial charge in [-0.15, -0.1) is 0 Å². The van der Waals surface area contributed by atoms with Gasteiger partial charge in [0.2, 0.25) is 0 Å². The average Bonchev–Trinajstić information content (AvgIpc) is 3.55. The molecular weight excluding hydrogens is 437 g/mol. The lowest BCUT2D eigenvalue weighted by molar-refractivity contribution is 0.261. The first-order valence-corrected chi connectivity index (χ1v) is 13.1. The fourth-order valence-electron chi connectivity index (χ4n) is 5.93. The fourth-order valence-corrected chi connectivity index (χ4v) is 5.93. The Morgan fingerprint density at radius 3 is 2.54 bits per heavy atom. The first kappa shape index (κ1) is 22.4. The molecule has 0 N–H and O–H groups in total. The van der Waals surface area contributed by atoms with Crippen molar-refractivity contribution in [3.8, 4) is 5.75 Å². The zero-order chi connectivity index (χ0) is 23.6. The van der Waals surface area contributed by atoms with Crippen LogP contribution >= 0.6 is 0 Å². The van der Waals surface area contributed by atoms with Gasteiger partial charge in [-0.2, -0.15) is 0 Å². The summed E-state index contributed by atoms with van der Waals surface area (Å²) in [6, 6.07) is 23.0. The number of likely N-dealkylation sites (tertiary alicyclic amines) is 1. The van der Waals surface area contributed by atoms with Crippen molar-refractivity contribution in [2.75, 3.05) is 42.5 Å². The van der Waals surface area contributed by atoms with Crippen LogP contribution < -0.4 is 14.5 Å². The van der Waals surface area contributed by atoms with Gasteiger partial charge in [0.05, 0.1) is 5.69 Å². The van der Waals surface area contributed by atoms with E-state index < -0.39 is 0 Å². The van der Waals surface area contributed by atoms with Gasteiger partial charge < -0.3 is 14.5 Å². The largest absolute Gasteiger partial charge is 0.487 e. The summed E-state index contributed by atoms with van der Waals surface area (Å²) in [5, 5.41) is 0. The van der Waals surface area contributed by atoms with E-state index in [-0.39, 0.29) is 5.82 Å². The predicted octanol–water partition coefficient (Wildman–Crippen LogP) is 6.16. The molecule has 1 unspecified atom stereocenters. The van der Waals surface area contributed by atoms with Crippen LogP contribution in [0, 0.1) is 5.82 Å². The van der Waals surface area contributed by atoms with Crippen LogP contribution in [0.1, 0.15) is 36.8 Å². The average molecular weight is 472 g/mol. The molecule has 0 bridgehead atoms. The number of rotatable bonds is 6. The summed E-state index contributed by atoms with van der Waals surface area (Å²) in [5.41, 5.74) is 6.05. The van der Waals surface area contributed by atoms with Crippen LogP contribution in [-0.4, -0.2) is 43.7 Å². The summed E-state index contributed by atoms with van der Waals surface area (Å²) in [5.74, 6) is 0.372. The molecule has 182 valence electrons. The Balaban J connectivity index is 1.17. The third-order valence-electron chi connectivity index (χ3n) is 7.87. The zero-order valence-electron chi connectivity index (χ0n) is 20.3. The summed E-state index contributed by atoms with van der Waals surface area (Å²) >= 11 is 0. The van der Waals surface area contributed by atoms with Gasteiger partial charge in [-0.1, -0.05) is 30.3 Å². The minimum atomic E-state index is -0.257. The molecular formula is C30H34FN3O. The summed E-state index contributed by atoms with van der Waals surface area (Å²) in [6.07, 6.45) is 6.10. The number of nitrogens with zero attached hydrogens (tertiary/aromatic N) is 3. The van der Waals surface area contributed by atoms with Crippen molar-refractivity contribution in [1.29, 1.82) is 0 Å². The number of hydrogen-bond acceptors (Lipinski definition) is 4. The molecule has 3 heterocycles. The van der Waals surface area contributed by atoms with E-state index >= 15 is 0 Å². The van der Waals surface area contributed by atoms with Crippen molar-refractivity contribution < 1.29 is 9.13 Å². The van der Waals surface area contributed by atoms with E-state index in [0.29, 0.717) is 18.4 Å². The highest BCUT2D eigenvalue weighted by Gasteiger charge is 2.30. The second-order valence-corrected chi connectivity index (χ2v) is 10.1. The number of fused-ring (bicyclic) bond motifs is 2. The van der Waals surface area contributed by atoms with Gasteiger partial charge in [0.15, 0.2) is 0 Å². The lowest BCUT2D eigenvalue weighted by atomic mass is 10.1. The van der Waals surface area contributed by atoms with Crippen molar-refractivity contribution in [3.63, 3.8) is 0 Å². The molecule has 2 saturated heterocycles. The molecule has 3 aliphatic rings. The molecule has 0 radical (unpaired) electrons. The molecule has 35 heavy (non-hydrogen) atoms. The normalized spacial score (nSPS) is 19.9. The van der Waals surface area contributed by atoms with Crippen LogP contribution in [0.2, 0.25) is 0 Å². The predicted molar refractivity (Wildman–Crippen MR) is 140 cm³/mol. The molecule has 3 aliphatic heterocycles. The number of anilines is 3. The molecule has 4 nitrogen and oxygen atoms in total.